The van der Waals surface area contributed by atoms with Crippen molar-refractivity contribution in [2.24, 2.45) is 0 Å². The molecule has 7 nitrogen and oxygen atoms in total. The Morgan fingerprint density at radius 1 is 1.52 bits per heavy atom. The summed E-state index contributed by atoms with van der Waals surface area (Å²) in [6.07, 6.45) is 2.91. The van der Waals surface area contributed by atoms with E-state index in [2.05, 4.69) is 5.32 Å². The van der Waals surface area contributed by atoms with Crippen molar-refractivity contribution in [3.63, 3.8) is 0 Å². The first kappa shape index (κ1) is 15.5. The molecule has 0 unspecified atom stereocenters. The summed E-state index contributed by atoms with van der Waals surface area (Å²) in [5, 5.41) is 11.7. The Labute approximate surface area is 122 Å². The van der Waals surface area contributed by atoms with Crippen LogP contribution in [0.1, 0.15) is 25.0 Å². The van der Waals surface area contributed by atoms with Crippen LogP contribution >= 0.6 is 0 Å². The fourth-order valence-electron chi connectivity index (χ4n) is 2.10. The van der Waals surface area contributed by atoms with Gasteiger partial charge in [0, 0.05) is 6.61 Å². The smallest absolute Gasteiger partial charge is 0.323 e. The number of rotatable bonds is 8. The fraction of sp³-hybridized carbons (Fsp3) is 0.571. The summed E-state index contributed by atoms with van der Waals surface area (Å²) in [6, 6.07) is 2.55. The molecule has 0 bridgehead atoms. The fourth-order valence-corrected chi connectivity index (χ4v) is 2.10. The molecule has 2 N–H and O–H groups in total. The summed E-state index contributed by atoms with van der Waals surface area (Å²) in [4.78, 5) is 22.8. The van der Waals surface area contributed by atoms with Crippen LogP contribution in [0.5, 0.6) is 0 Å². The zero-order valence-electron chi connectivity index (χ0n) is 11.6. The number of carbonyl (C=O) groups is 2. The summed E-state index contributed by atoms with van der Waals surface area (Å²) < 4.78 is 15.6. The Morgan fingerprint density at radius 2 is 2.38 bits per heavy atom. The van der Waals surface area contributed by atoms with Crippen LogP contribution in [0.3, 0.4) is 0 Å². The van der Waals surface area contributed by atoms with Gasteiger partial charge in [-0.05, 0) is 25.0 Å². The van der Waals surface area contributed by atoms with E-state index in [0.717, 1.165) is 12.8 Å². The zero-order valence-corrected chi connectivity index (χ0v) is 11.6. The molecule has 0 saturated carbocycles. The first-order valence-corrected chi connectivity index (χ1v) is 6.91. The van der Waals surface area contributed by atoms with Crippen molar-refractivity contribution in [2.45, 2.75) is 38.0 Å². The Morgan fingerprint density at radius 3 is 3.00 bits per heavy atom. The predicted octanol–water partition coefficient (Wildman–Crippen LogP) is 0.935. The van der Waals surface area contributed by atoms with Crippen LogP contribution in [0, 0.1) is 0 Å². The van der Waals surface area contributed by atoms with Crippen LogP contribution in [0.4, 0.5) is 0 Å². The van der Waals surface area contributed by atoms with Gasteiger partial charge in [0.1, 0.15) is 18.4 Å². The van der Waals surface area contributed by atoms with Gasteiger partial charge in [-0.25, -0.2) is 0 Å². The van der Waals surface area contributed by atoms with Gasteiger partial charge in [-0.15, -0.1) is 0 Å². The summed E-state index contributed by atoms with van der Waals surface area (Å²) in [7, 11) is 0. The van der Waals surface area contributed by atoms with Crippen molar-refractivity contribution in [2.75, 3.05) is 13.2 Å². The molecule has 0 aromatic carbocycles. The molecule has 1 aromatic rings. The highest BCUT2D eigenvalue weighted by Gasteiger charge is 2.25. The topological polar surface area (TPSA) is 98.0 Å². The minimum absolute atomic E-state index is 0.0792. The standard InChI is InChI=1S/C14H19NO6/c16-13(17)7-12(15-8-10-3-1-5-19-10)14(18)21-9-11-4-2-6-20-11/h1,3,5,11-12,15H,2,4,6-9H2,(H,16,17)/t11-,12+/m0/s1. The number of furan rings is 1. The normalized spacial score (nSPS) is 19.3. The average Bonchev–Trinajstić information content (AvgIpc) is 3.13. The van der Waals surface area contributed by atoms with Gasteiger partial charge in [0.25, 0.3) is 0 Å². The summed E-state index contributed by atoms with van der Waals surface area (Å²) in [6.45, 7) is 1.11. The summed E-state index contributed by atoms with van der Waals surface area (Å²) >= 11 is 0. The molecule has 0 spiro atoms. The lowest BCUT2D eigenvalue weighted by molar-refractivity contribution is -0.153. The van der Waals surface area contributed by atoms with E-state index in [-0.39, 0.29) is 25.7 Å². The number of carboxylic acids is 1. The van der Waals surface area contributed by atoms with Gasteiger partial charge in [0.15, 0.2) is 0 Å². The molecule has 1 saturated heterocycles. The van der Waals surface area contributed by atoms with Gasteiger partial charge < -0.3 is 19.0 Å². The first-order chi connectivity index (χ1) is 10.1. The van der Waals surface area contributed by atoms with Crippen LogP contribution in [-0.4, -0.2) is 42.4 Å². The van der Waals surface area contributed by atoms with E-state index < -0.39 is 18.0 Å². The minimum atomic E-state index is -1.07. The second kappa shape index (κ2) is 7.80. The molecule has 2 heterocycles. The maximum Gasteiger partial charge on any atom is 0.323 e. The van der Waals surface area contributed by atoms with Crippen molar-refractivity contribution < 1.29 is 28.6 Å². The molecule has 1 aliphatic rings. The Balaban J connectivity index is 1.81. The Bertz CT molecular complexity index is 452. The van der Waals surface area contributed by atoms with E-state index in [1.807, 2.05) is 0 Å². The van der Waals surface area contributed by atoms with E-state index in [1.165, 1.54) is 6.26 Å². The lowest BCUT2D eigenvalue weighted by Crippen LogP contribution is -2.40. The quantitative estimate of drug-likeness (QED) is 0.689. The average molecular weight is 297 g/mol. The van der Waals surface area contributed by atoms with Crippen LogP contribution in [-0.2, 0) is 25.6 Å². The second-order valence-electron chi connectivity index (χ2n) is 4.88. The van der Waals surface area contributed by atoms with Crippen molar-refractivity contribution in [3.8, 4) is 0 Å². The van der Waals surface area contributed by atoms with Crippen LogP contribution in [0.25, 0.3) is 0 Å². The second-order valence-corrected chi connectivity index (χ2v) is 4.88. The number of carbonyl (C=O) groups excluding carboxylic acids is 1. The van der Waals surface area contributed by atoms with Gasteiger partial charge >= 0.3 is 11.9 Å². The maximum absolute atomic E-state index is 12.0. The number of hydrogen-bond acceptors (Lipinski definition) is 6. The van der Waals surface area contributed by atoms with Gasteiger partial charge in [0.2, 0.25) is 0 Å². The van der Waals surface area contributed by atoms with Gasteiger partial charge in [0.05, 0.1) is 25.3 Å². The lowest BCUT2D eigenvalue weighted by atomic mass is 10.2. The molecule has 1 aliphatic heterocycles. The van der Waals surface area contributed by atoms with E-state index in [0.29, 0.717) is 12.4 Å². The van der Waals surface area contributed by atoms with Crippen molar-refractivity contribution in [3.05, 3.63) is 24.2 Å². The highest BCUT2D eigenvalue weighted by atomic mass is 16.6. The molecule has 0 aliphatic carbocycles. The third-order valence-electron chi connectivity index (χ3n) is 3.20. The van der Waals surface area contributed by atoms with Crippen molar-refractivity contribution >= 4 is 11.9 Å². The largest absolute Gasteiger partial charge is 0.481 e. The van der Waals surface area contributed by atoms with Crippen LogP contribution in [0.2, 0.25) is 0 Å². The first-order valence-electron chi connectivity index (χ1n) is 6.91. The molecular formula is C14H19NO6. The number of aliphatic carboxylic acids is 1. The molecule has 1 aromatic heterocycles. The van der Waals surface area contributed by atoms with Gasteiger partial charge in [-0.1, -0.05) is 0 Å². The number of carboxylic acid groups (broad SMARTS) is 1. The molecule has 0 radical (unpaired) electrons. The molecule has 21 heavy (non-hydrogen) atoms. The number of nitrogens with one attached hydrogen (secondary N) is 1. The van der Waals surface area contributed by atoms with Gasteiger partial charge in [-0.3, -0.25) is 14.9 Å². The highest BCUT2D eigenvalue weighted by molar-refractivity contribution is 5.81. The number of esters is 1. The molecular weight excluding hydrogens is 278 g/mol. The van der Waals surface area contributed by atoms with Crippen molar-refractivity contribution in [1.82, 2.24) is 5.32 Å². The summed E-state index contributed by atoms with van der Waals surface area (Å²) in [5.74, 6) is -1.03. The Kier molecular flexibility index (Phi) is 5.77. The lowest BCUT2D eigenvalue weighted by Gasteiger charge is -2.17. The van der Waals surface area contributed by atoms with Crippen molar-refractivity contribution in [1.29, 1.82) is 0 Å². The van der Waals surface area contributed by atoms with Gasteiger partial charge in [-0.2, -0.15) is 0 Å². The molecule has 1 fully saturated rings. The predicted molar refractivity (Wildman–Crippen MR) is 71.5 cm³/mol. The third kappa shape index (κ3) is 5.20. The van der Waals surface area contributed by atoms with Crippen LogP contribution in [0.15, 0.2) is 22.8 Å². The third-order valence-corrected chi connectivity index (χ3v) is 3.20. The zero-order chi connectivity index (χ0) is 15.1. The van der Waals surface area contributed by atoms with E-state index >= 15 is 0 Å². The molecule has 2 rings (SSSR count). The van der Waals surface area contributed by atoms with E-state index in [1.54, 1.807) is 12.1 Å². The van der Waals surface area contributed by atoms with Crippen LogP contribution < -0.4 is 5.32 Å². The van der Waals surface area contributed by atoms with E-state index in [9.17, 15) is 9.59 Å². The Hall–Kier alpha value is -1.86. The van der Waals surface area contributed by atoms with E-state index in [4.69, 9.17) is 19.0 Å². The number of hydrogen-bond donors (Lipinski definition) is 2. The maximum atomic E-state index is 12.0. The SMILES string of the molecule is O=C(O)C[C@@H](NCc1ccco1)C(=O)OC[C@@H]1CCCO1. The molecule has 7 heteroatoms. The highest BCUT2D eigenvalue weighted by Crippen LogP contribution is 2.12. The molecule has 116 valence electrons. The monoisotopic (exact) mass is 297 g/mol. The minimum Gasteiger partial charge on any atom is -0.481 e. The number of ether oxygens (including phenoxy) is 2. The molecule has 2 atom stereocenters. The molecule has 0 amide bonds. The summed E-state index contributed by atoms with van der Waals surface area (Å²) in [5.41, 5.74) is 0.